The zero-order chi connectivity index (χ0) is 12.4. The quantitative estimate of drug-likeness (QED) is 0.885. The topological polar surface area (TPSA) is 38.0 Å². The van der Waals surface area contributed by atoms with Crippen LogP contribution >= 0.6 is 0 Å². The number of imidazole rings is 1. The van der Waals surface area contributed by atoms with Gasteiger partial charge in [-0.25, -0.2) is 9.37 Å². The van der Waals surface area contributed by atoms with E-state index < -0.39 is 11.9 Å². The molecule has 0 radical (unpaired) electrons. The molecule has 1 unspecified atom stereocenters. The molecule has 1 atom stereocenters. The number of nitrogens with zero attached hydrogens (tertiary/aromatic N) is 2. The molecular formula is C13H15FN2O. The number of aryl methyl sites for hydroxylation is 2. The molecule has 0 aliphatic rings. The molecule has 2 aromatic rings. The van der Waals surface area contributed by atoms with E-state index >= 15 is 0 Å². The Kier molecular flexibility index (Phi) is 3.24. The molecule has 0 aliphatic carbocycles. The Balaban J connectivity index is 2.43. The predicted octanol–water partition coefficient (Wildman–Crippen LogP) is 2.43. The molecule has 0 spiro atoms. The summed E-state index contributed by atoms with van der Waals surface area (Å²) in [5.74, 6) is 0.0609. The van der Waals surface area contributed by atoms with E-state index in [0.29, 0.717) is 12.4 Å². The SMILES string of the molecule is CCn1ccnc1C(O)c1cc(C)ccc1F. The summed E-state index contributed by atoms with van der Waals surface area (Å²) in [7, 11) is 0. The Morgan fingerprint density at radius 2 is 2.24 bits per heavy atom. The smallest absolute Gasteiger partial charge is 0.142 e. The number of aliphatic hydroxyl groups excluding tert-OH is 1. The van der Waals surface area contributed by atoms with Crippen molar-refractivity contribution in [1.82, 2.24) is 9.55 Å². The summed E-state index contributed by atoms with van der Waals surface area (Å²) in [6, 6.07) is 4.69. The molecule has 0 amide bonds. The van der Waals surface area contributed by atoms with Gasteiger partial charge in [0, 0.05) is 24.5 Å². The molecule has 90 valence electrons. The average molecular weight is 234 g/mol. The number of aromatic nitrogens is 2. The van der Waals surface area contributed by atoms with Crippen molar-refractivity contribution in [2.45, 2.75) is 26.5 Å². The highest BCUT2D eigenvalue weighted by atomic mass is 19.1. The van der Waals surface area contributed by atoms with E-state index in [0.717, 1.165) is 5.56 Å². The van der Waals surface area contributed by atoms with Crippen molar-refractivity contribution >= 4 is 0 Å². The Hall–Kier alpha value is -1.68. The molecule has 4 heteroatoms. The fourth-order valence-electron chi connectivity index (χ4n) is 1.85. The highest BCUT2D eigenvalue weighted by Gasteiger charge is 2.19. The second-order valence-electron chi connectivity index (χ2n) is 4.00. The largest absolute Gasteiger partial charge is 0.380 e. The predicted molar refractivity (Wildman–Crippen MR) is 63.1 cm³/mol. The maximum absolute atomic E-state index is 13.7. The Morgan fingerprint density at radius 3 is 2.94 bits per heavy atom. The van der Waals surface area contributed by atoms with Crippen molar-refractivity contribution in [3.8, 4) is 0 Å². The van der Waals surface area contributed by atoms with Gasteiger partial charge in [-0.05, 0) is 19.9 Å². The first-order chi connectivity index (χ1) is 8.13. The van der Waals surface area contributed by atoms with Crippen LogP contribution in [0, 0.1) is 12.7 Å². The molecule has 3 nitrogen and oxygen atoms in total. The van der Waals surface area contributed by atoms with E-state index in [1.165, 1.54) is 6.07 Å². The van der Waals surface area contributed by atoms with Gasteiger partial charge in [-0.3, -0.25) is 0 Å². The summed E-state index contributed by atoms with van der Waals surface area (Å²) in [6.07, 6.45) is 2.35. The first-order valence-corrected chi connectivity index (χ1v) is 5.58. The van der Waals surface area contributed by atoms with E-state index in [4.69, 9.17) is 0 Å². The molecule has 0 bridgehead atoms. The lowest BCUT2D eigenvalue weighted by molar-refractivity contribution is 0.199. The highest BCUT2D eigenvalue weighted by Crippen LogP contribution is 2.24. The van der Waals surface area contributed by atoms with Crippen molar-refractivity contribution < 1.29 is 9.50 Å². The van der Waals surface area contributed by atoms with Crippen molar-refractivity contribution in [3.05, 3.63) is 53.4 Å². The van der Waals surface area contributed by atoms with Crippen molar-refractivity contribution in [2.24, 2.45) is 0 Å². The van der Waals surface area contributed by atoms with Gasteiger partial charge in [-0.15, -0.1) is 0 Å². The summed E-state index contributed by atoms with van der Waals surface area (Å²) >= 11 is 0. The minimum absolute atomic E-state index is 0.269. The number of halogens is 1. The Bertz CT molecular complexity index is 522. The third kappa shape index (κ3) is 2.22. The van der Waals surface area contributed by atoms with Crippen LogP contribution < -0.4 is 0 Å². The molecule has 0 aliphatic heterocycles. The standard InChI is InChI=1S/C13H15FN2O/c1-3-16-7-6-15-13(16)12(17)10-8-9(2)4-5-11(10)14/h4-8,12,17H,3H2,1-2H3. The molecule has 1 N–H and O–H groups in total. The van der Waals surface area contributed by atoms with Crippen LogP contribution in [0.4, 0.5) is 4.39 Å². The van der Waals surface area contributed by atoms with Crippen LogP contribution in [0.15, 0.2) is 30.6 Å². The van der Waals surface area contributed by atoms with Crippen LogP contribution in [-0.2, 0) is 6.54 Å². The van der Waals surface area contributed by atoms with E-state index in [1.807, 2.05) is 13.8 Å². The van der Waals surface area contributed by atoms with Crippen LogP contribution in [0.3, 0.4) is 0 Å². The lowest BCUT2D eigenvalue weighted by atomic mass is 10.1. The Morgan fingerprint density at radius 1 is 1.47 bits per heavy atom. The molecule has 0 fully saturated rings. The van der Waals surface area contributed by atoms with Gasteiger partial charge in [0.25, 0.3) is 0 Å². The van der Waals surface area contributed by atoms with Gasteiger partial charge < -0.3 is 9.67 Å². The summed E-state index contributed by atoms with van der Waals surface area (Å²) in [4.78, 5) is 4.08. The minimum Gasteiger partial charge on any atom is -0.380 e. The molecule has 17 heavy (non-hydrogen) atoms. The molecular weight excluding hydrogens is 219 g/mol. The highest BCUT2D eigenvalue weighted by molar-refractivity contribution is 5.29. The van der Waals surface area contributed by atoms with Gasteiger partial charge in [-0.2, -0.15) is 0 Å². The molecule has 1 heterocycles. The van der Waals surface area contributed by atoms with E-state index in [-0.39, 0.29) is 5.56 Å². The van der Waals surface area contributed by atoms with Crippen LogP contribution in [-0.4, -0.2) is 14.7 Å². The van der Waals surface area contributed by atoms with Crippen LogP contribution in [0.1, 0.15) is 30.0 Å². The van der Waals surface area contributed by atoms with Gasteiger partial charge in [0.1, 0.15) is 17.7 Å². The van der Waals surface area contributed by atoms with E-state index in [9.17, 15) is 9.50 Å². The molecule has 1 aromatic carbocycles. The van der Waals surface area contributed by atoms with Crippen LogP contribution in [0.25, 0.3) is 0 Å². The van der Waals surface area contributed by atoms with Crippen LogP contribution in [0.2, 0.25) is 0 Å². The summed E-state index contributed by atoms with van der Waals surface area (Å²) in [6.45, 7) is 4.51. The number of rotatable bonds is 3. The molecule has 0 saturated carbocycles. The van der Waals surface area contributed by atoms with Gasteiger partial charge in [-0.1, -0.05) is 17.7 Å². The number of aliphatic hydroxyl groups is 1. The molecule has 1 aromatic heterocycles. The fraction of sp³-hybridized carbons (Fsp3) is 0.308. The van der Waals surface area contributed by atoms with Crippen molar-refractivity contribution in [2.75, 3.05) is 0 Å². The molecule has 2 rings (SSSR count). The van der Waals surface area contributed by atoms with Crippen molar-refractivity contribution in [3.63, 3.8) is 0 Å². The maximum Gasteiger partial charge on any atom is 0.142 e. The number of hydrogen-bond donors (Lipinski definition) is 1. The van der Waals surface area contributed by atoms with Gasteiger partial charge in [0.05, 0.1) is 0 Å². The van der Waals surface area contributed by atoms with E-state index in [2.05, 4.69) is 4.98 Å². The first-order valence-electron chi connectivity index (χ1n) is 5.58. The minimum atomic E-state index is -1.02. The Labute approximate surface area is 99.5 Å². The number of hydrogen-bond acceptors (Lipinski definition) is 2. The third-order valence-corrected chi connectivity index (χ3v) is 2.78. The second-order valence-corrected chi connectivity index (χ2v) is 4.00. The normalized spacial score (nSPS) is 12.7. The van der Waals surface area contributed by atoms with Gasteiger partial charge in [0.15, 0.2) is 0 Å². The second kappa shape index (κ2) is 4.67. The summed E-state index contributed by atoms with van der Waals surface area (Å²) < 4.78 is 15.4. The number of benzene rings is 1. The lowest BCUT2D eigenvalue weighted by Gasteiger charge is -2.13. The van der Waals surface area contributed by atoms with E-state index in [1.54, 1.807) is 29.1 Å². The summed E-state index contributed by atoms with van der Waals surface area (Å²) in [5.41, 5.74) is 1.18. The zero-order valence-electron chi connectivity index (χ0n) is 9.89. The average Bonchev–Trinajstić information content (AvgIpc) is 2.79. The fourth-order valence-corrected chi connectivity index (χ4v) is 1.85. The van der Waals surface area contributed by atoms with Gasteiger partial charge >= 0.3 is 0 Å². The first kappa shape index (κ1) is 11.8. The van der Waals surface area contributed by atoms with Crippen molar-refractivity contribution in [1.29, 1.82) is 0 Å². The third-order valence-electron chi connectivity index (χ3n) is 2.78. The van der Waals surface area contributed by atoms with Crippen LogP contribution in [0.5, 0.6) is 0 Å². The maximum atomic E-state index is 13.7. The zero-order valence-corrected chi connectivity index (χ0v) is 9.89. The monoisotopic (exact) mass is 234 g/mol. The molecule has 0 saturated heterocycles. The van der Waals surface area contributed by atoms with Gasteiger partial charge in [0.2, 0.25) is 0 Å². The summed E-state index contributed by atoms with van der Waals surface area (Å²) in [5, 5.41) is 10.2. The lowest BCUT2D eigenvalue weighted by Crippen LogP contribution is -2.10.